The number of benzene rings is 2. The van der Waals surface area contributed by atoms with Crippen LogP contribution in [0.4, 0.5) is 5.69 Å². The van der Waals surface area contributed by atoms with Gasteiger partial charge >= 0.3 is 0 Å². The third kappa shape index (κ3) is 5.24. The second-order valence-corrected chi connectivity index (χ2v) is 6.60. The van der Waals surface area contributed by atoms with Gasteiger partial charge in [0.05, 0.1) is 16.6 Å². The van der Waals surface area contributed by atoms with Crippen LogP contribution in [0.5, 0.6) is 0 Å². The molecule has 0 bridgehead atoms. The van der Waals surface area contributed by atoms with Gasteiger partial charge in [0.2, 0.25) is 5.91 Å². The molecule has 0 unspecified atom stereocenters. The molecule has 0 radical (unpaired) electrons. The van der Waals surface area contributed by atoms with Crippen molar-refractivity contribution >= 4 is 34.8 Å². The summed E-state index contributed by atoms with van der Waals surface area (Å²) in [5.74, 6) is -0.0421. The Bertz CT molecular complexity index is 716. The highest BCUT2D eigenvalue weighted by Gasteiger charge is 2.10. The number of anilines is 1. The molecule has 2 aromatic rings. The summed E-state index contributed by atoms with van der Waals surface area (Å²) >= 11 is 11.9. The van der Waals surface area contributed by atoms with Crippen molar-refractivity contribution in [1.29, 1.82) is 0 Å². The molecule has 0 saturated heterocycles. The molecule has 0 atom stereocenters. The Morgan fingerprint density at radius 2 is 1.83 bits per heavy atom. The van der Waals surface area contributed by atoms with Gasteiger partial charge in [0.15, 0.2) is 0 Å². The van der Waals surface area contributed by atoms with Crippen LogP contribution in [0.25, 0.3) is 0 Å². The van der Waals surface area contributed by atoms with E-state index in [-0.39, 0.29) is 5.91 Å². The molecule has 0 heterocycles. The number of hydrogen-bond acceptors (Lipinski definition) is 2. The van der Waals surface area contributed by atoms with Gasteiger partial charge in [0.1, 0.15) is 0 Å². The van der Waals surface area contributed by atoms with Crippen LogP contribution in [0.1, 0.15) is 16.7 Å². The van der Waals surface area contributed by atoms with Crippen molar-refractivity contribution in [3.63, 3.8) is 0 Å². The van der Waals surface area contributed by atoms with Crippen molar-refractivity contribution in [2.45, 2.75) is 20.4 Å². The molecule has 0 saturated carbocycles. The Morgan fingerprint density at radius 1 is 1.09 bits per heavy atom. The molecular weight excluding hydrogens is 331 g/mol. The lowest BCUT2D eigenvalue weighted by Gasteiger charge is -2.17. The van der Waals surface area contributed by atoms with E-state index in [9.17, 15) is 4.79 Å². The molecule has 1 amide bonds. The molecular formula is C18H20Cl2N2O. The van der Waals surface area contributed by atoms with Crippen molar-refractivity contribution in [3.8, 4) is 0 Å². The van der Waals surface area contributed by atoms with E-state index < -0.39 is 0 Å². The smallest absolute Gasteiger partial charge is 0.238 e. The first-order valence-corrected chi connectivity index (χ1v) is 8.10. The topological polar surface area (TPSA) is 32.3 Å². The van der Waals surface area contributed by atoms with E-state index in [1.54, 1.807) is 6.07 Å². The molecule has 2 rings (SSSR count). The van der Waals surface area contributed by atoms with E-state index in [1.807, 2.05) is 50.1 Å². The van der Waals surface area contributed by atoms with Gasteiger partial charge < -0.3 is 5.32 Å². The van der Waals surface area contributed by atoms with Crippen LogP contribution in [-0.4, -0.2) is 24.4 Å². The van der Waals surface area contributed by atoms with Gasteiger partial charge in [-0.15, -0.1) is 0 Å². The van der Waals surface area contributed by atoms with Gasteiger partial charge in [0.25, 0.3) is 0 Å². The summed E-state index contributed by atoms with van der Waals surface area (Å²) in [6.45, 7) is 4.94. The number of amides is 1. The summed E-state index contributed by atoms with van der Waals surface area (Å²) in [4.78, 5) is 14.1. The van der Waals surface area contributed by atoms with E-state index in [0.29, 0.717) is 23.1 Å². The number of nitrogens with one attached hydrogen (secondary N) is 1. The van der Waals surface area contributed by atoms with Crippen LogP contribution in [-0.2, 0) is 11.3 Å². The fraction of sp³-hybridized carbons (Fsp3) is 0.278. The Hall–Kier alpha value is -1.55. The number of carbonyl (C=O) groups excluding carboxylic acids is 1. The molecule has 3 nitrogen and oxygen atoms in total. The first-order valence-electron chi connectivity index (χ1n) is 7.34. The zero-order valence-electron chi connectivity index (χ0n) is 13.5. The molecule has 1 N–H and O–H groups in total. The van der Waals surface area contributed by atoms with Crippen molar-refractivity contribution < 1.29 is 4.79 Å². The number of halogens is 2. The zero-order valence-corrected chi connectivity index (χ0v) is 15.0. The standard InChI is InChI=1S/C18H20Cl2N2O/c1-12-4-7-17(13(2)8-12)21-18(23)11-22(3)10-14-5-6-15(19)16(20)9-14/h4-9H,10-11H2,1-3H3,(H,21,23). The lowest BCUT2D eigenvalue weighted by atomic mass is 10.1. The number of rotatable bonds is 5. The summed E-state index contributed by atoms with van der Waals surface area (Å²) < 4.78 is 0. The second kappa shape index (κ2) is 7.82. The average Bonchev–Trinajstić information content (AvgIpc) is 2.46. The number of likely N-dealkylation sites (N-methyl/N-ethyl adjacent to an activating group) is 1. The van der Waals surface area contributed by atoms with Crippen LogP contribution < -0.4 is 5.32 Å². The highest BCUT2D eigenvalue weighted by atomic mass is 35.5. The van der Waals surface area contributed by atoms with E-state index in [4.69, 9.17) is 23.2 Å². The van der Waals surface area contributed by atoms with Crippen LogP contribution in [0, 0.1) is 13.8 Å². The largest absolute Gasteiger partial charge is 0.325 e. The van der Waals surface area contributed by atoms with E-state index in [2.05, 4.69) is 11.4 Å². The van der Waals surface area contributed by atoms with Crippen molar-refractivity contribution in [1.82, 2.24) is 4.90 Å². The molecule has 23 heavy (non-hydrogen) atoms. The minimum absolute atomic E-state index is 0.0421. The van der Waals surface area contributed by atoms with Gasteiger partial charge in [-0.1, -0.05) is 47.0 Å². The predicted molar refractivity (Wildman–Crippen MR) is 97.3 cm³/mol. The normalized spacial score (nSPS) is 10.9. The number of aryl methyl sites for hydroxylation is 2. The van der Waals surface area contributed by atoms with Gasteiger partial charge in [-0.2, -0.15) is 0 Å². The van der Waals surface area contributed by atoms with Gasteiger partial charge in [0, 0.05) is 12.2 Å². The van der Waals surface area contributed by atoms with Crippen LogP contribution in [0.15, 0.2) is 36.4 Å². The third-order valence-corrected chi connectivity index (χ3v) is 4.25. The van der Waals surface area contributed by atoms with Crippen molar-refractivity contribution in [2.24, 2.45) is 0 Å². The molecule has 5 heteroatoms. The third-order valence-electron chi connectivity index (χ3n) is 3.51. The summed E-state index contributed by atoms with van der Waals surface area (Å²) in [6, 6.07) is 11.5. The molecule has 0 spiro atoms. The maximum Gasteiger partial charge on any atom is 0.238 e. The molecule has 0 fully saturated rings. The summed E-state index contributed by atoms with van der Waals surface area (Å²) in [5, 5.41) is 4.01. The van der Waals surface area contributed by atoms with Gasteiger partial charge in [-0.3, -0.25) is 9.69 Å². The van der Waals surface area contributed by atoms with Crippen molar-refractivity contribution in [3.05, 3.63) is 63.1 Å². The van der Waals surface area contributed by atoms with Crippen LogP contribution in [0.3, 0.4) is 0 Å². The average molecular weight is 351 g/mol. The Kier molecular flexibility index (Phi) is 6.05. The number of hydrogen-bond donors (Lipinski definition) is 1. The molecule has 0 aliphatic rings. The predicted octanol–water partition coefficient (Wildman–Crippen LogP) is 4.68. The second-order valence-electron chi connectivity index (χ2n) is 5.79. The summed E-state index contributed by atoms with van der Waals surface area (Å²) in [5.41, 5.74) is 4.10. The number of nitrogens with zero attached hydrogens (tertiary/aromatic N) is 1. The SMILES string of the molecule is Cc1ccc(NC(=O)CN(C)Cc2ccc(Cl)c(Cl)c2)c(C)c1. The van der Waals surface area contributed by atoms with Crippen molar-refractivity contribution in [2.75, 3.05) is 18.9 Å². The fourth-order valence-corrected chi connectivity index (χ4v) is 2.71. The monoisotopic (exact) mass is 350 g/mol. The quantitative estimate of drug-likeness (QED) is 0.848. The Balaban J connectivity index is 1.92. The summed E-state index contributed by atoms with van der Waals surface area (Å²) in [7, 11) is 1.89. The Labute approximate surface area is 147 Å². The maximum absolute atomic E-state index is 12.2. The lowest BCUT2D eigenvalue weighted by molar-refractivity contribution is -0.117. The highest BCUT2D eigenvalue weighted by Crippen LogP contribution is 2.23. The first kappa shape index (κ1) is 17.8. The molecule has 122 valence electrons. The van der Waals surface area contributed by atoms with Crippen LogP contribution in [0.2, 0.25) is 10.0 Å². The maximum atomic E-state index is 12.2. The summed E-state index contributed by atoms with van der Waals surface area (Å²) in [6.07, 6.45) is 0. The molecule has 0 aliphatic heterocycles. The molecule has 0 aromatic heterocycles. The molecule has 2 aromatic carbocycles. The first-order chi connectivity index (χ1) is 10.8. The van der Waals surface area contributed by atoms with Crippen LogP contribution >= 0.6 is 23.2 Å². The van der Waals surface area contributed by atoms with E-state index in [0.717, 1.165) is 16.8 Å². The van der Waals surface area contributed by atoms with Gasteiger partial charge in [-0.25, -0.2) is 0 Å². The van der Waals surface area contributed by atoms with E-state index in [1.165, 1.54) is 5.56 Å². The fourth-order valence-electron chi connectivity index (χ4n) is 2.39. The number of carbonyl (C=O) groups is 1. The lowest BCUT2D eigenvalue weighted by Crippen LogP contribution is -2.30. The zero-order chi connectivity index (χ0) is 17.0. The van der Waals surface area contributed by atoms with Gasteiger partial charge in [-0.05, 0) is 50.2 Å². The highest BCUT2D eigenvalue weighted by molar-refractivity contribution is 6.42. The van der Waals surface area contributed by atoms with E-state index >= 15 is 0 Å². The minimum Gasteiger partial charge on any atom is -0.325 e. The Morgan fingerprint density at radius 3 is 2.48 bits per heavy atom. The minimum atomic E-state index is -0.0421. The molecule has 0 aliphatic carbocycles.